The van der Waals surface area contributed by atoms with E-state index in [4.69, 9.17) is 0 Å². The predicted octanol–water partition coefficient (Wildman–Crippen LogP) is 3.24. The van der Waals surface area contributed by atoms with Crippen molar-refractivity contribution in [3.8, 4) is 0 Å². The zero-order chi connectivity index (χ0) is 16.2. The molecule has 1 N–H and O–H groups in total. The number of rotatable bonds is 5. The average Bonchev–Trinajstić information content (AvgIpc) is 3.16. The van der Waals surface area contributed by atoms with Gasteiger partial charge < -0.3 is 14.5 Å². The lowest BCUT2D eigenvalue weighted by molar-refractivity contribution is 0.0951. The van der Waals surface area contributed by atoms with Crippen LogP contribution in [0.15, 0.2) is 24.8 Å². The average molecular weight is 314 g/mol. The highest BCUT2D eigenvalue weighted by Crippen LogP contribution is 2.32. The smallest absolute Gasteiger partial charge is 0.253 e. The molecule has 0 atom stereocenters. The molecular formula is C18H26N4O. The second-order valence-electron chi connectivity index (χ2n) is 6.50. The summed E-state index contributed by atoms with van der Waals surface area (Å²) in [5, 5.41) is 3.02. The molecule has 3 rings (SSSR count). The van der Waals surface area contributed by atoms with Gasteiger partial charge in [0.25, 0.3) is 5.91 Å². The molecule has 2 aromatic heterocycles. The van der Waals surface area contributed by atoms with Gasteiger partial charge in [-0.15, -0.1) is 0 Å². The molecule has 5 heteroatoms. The van der Waals surface area contributed by atoms with Crippen LogP contribution in [-0.2, 0) is 6.54 Å². The fourth-order valence-electron chi connectivity index (χ4n) is 3.72. The lowest BCUT2D eigenvalue weighted by atomic mass is 9.95. The van der Waals surface area contributed by atoms with E-state index < -0.39 is 0 Å². The number of carbonyl (C=O) groups excluding carboxylic acids is 1. The van der Waals surface area contributed by atoms with Crippen molar-refractivity contribution in [2.45, 2.75) is 58.5 Å². The molecule has 23 heavy (non-hydrogen) atoms. The zero-order valence-corrected chi connectivity index (χ0v) is 14.1. The quantitative estimate of drug-likeness (QED) is 0.921. The molecule has 1 aliphatic rings. The minimum absolute atomic E-state index is 0.0280. The van der Waals surface area contributed by atoms with E-state index in [2.05, 4.69) is 28.7 Å². The number of amides is 1. The predicted molar refractivity (Wildman–Crippen MR) is 90.6 cm³/mol. The first-order valence-electron chi connectivity index (χ1n) is 8.59. The van der Waals surface area contributed by atoms with Crippen molar-refractivity contribution < 1.29 is 4.79 Å². The number of aryl methyl sites for hydroxylation is 1. The summed E-state index contributed by atoms with van der Waals surface area (Å²) >= 11 is 0. The largest absolute Gasteiger partial charge is 0.350 e. The van der Waals surface area contributed by atoms with E-state index in [1.165, 1.54) is 37.8 Å². The Kier molecular flexibility index (Phi) is 4.84. The molecular weight excluding hydrogens is 288 g/mol. The molecule has 1 fully saturated rings. The Bertz CT molecular complexity index is 651. The summed E-state index contributed by atoms with van der Waals surface area (Å²) in [4.78, 5) is 16.5. The van der Waals surface area contributed by atoms with Crippen LogP contribution < -0.4 is 5.32 Å². The van der Waals surface area contributed by atoms with E-state index in [9.17, 15) is 4.79 Å². The number of aromatic nitrogens is 3. The standard InChI is InChI=1S/C18H26N4O/c1-14-12-17(15(2)22(14)16-6-4-3-5-7-16)18(23)20-9-11-21-10-8-19-13-21/h8,10,12-13,16H,3-7,9,11H2,1-2H3,(H,20,23). The third-order valence-electron chi connectivity index (χ3n) is 4.88. The molecule has 2 heterocycles. The molecule has 0 aliphatic heterocycles. The van der Waals surface area contributed by atoms with E-state index in [1.807, 2.05) is 16.8 Å². The van der Waals surface area contributed by atoms with Gasteiger partial charge in [0.1, 0.15) is 0 Å². The fraction of sp³-hybridized carbons (Fsp3) is 0.556. The monoisotopic (exact) mass is 314 g/mol. The summed E-state index contributed by atoms with van der Waals surface area (Å²) in [6, 6.07) is 2.60. The lowest BCUT2D eigenvalue weighted by Crippen LogP contribution is -2.27. The summed E-state index contributed by atoms with van der Waals surface area (Å²) in [5.74, 6) is 0.0280. The van der Waals surface area contributed by atoms with Crippen LogP contribution in [0.1, 0.15) is 59.9 Å². The maximum atomic E-state index is 12.5. The molecule has 0 spiro atoms. The van der Waals surface area contributed by atoms with E-state index in [-0.39, 0.29) is 5.91 Å². The Morgan fingerprint density at radius 2 is 2.09 bits per heavy atom. The maximum absolute atomic E-state index is 12.5. The van der Waals surface area contributed by atoms with E-state index >= 15 is 0 Å². The molecule has 0 aromatic carbocycles. The zero-order valence-electron chi connectivity index (χ0n) is 14.1. The Labute approximate surface area is 137 Å². The van der Waals surface area contributed by atoms with Gasteiger partial charge in [-0.1, -0.05) is 19.3 Å². The van der Waals surface area contributed by atoms with Crippen molar-refractivity contribution >= 4 is 5.91 Å². The summed E-state index contributed by atoms with van der Waals surface area (Å²) in [7, 11) is 0. The lowest BCUT2D eigenvalue weighted by Gasteiger charge is -2.26. The van der Waals surface area contributed by atoms with Crippen LogP contribution in [0, 0.1) is 13.8 Å². The number of imidazole rings is 1. The van der Waals surface area contributed by atoms with Crippen molar-refractivity contribution in [1.82, 2.24) is 19.4 Å². The fourth-order valence-corrected chi connectivity index (χ4v) is 3.72. The van der Waals surface area contributed by atoms with Gasteiger partial charge in [0.15, 0.2) is 0 Å². The molecule has 0 unspecified atom stereocenters. The molecule has 2 aromatic rings. The number of hydrogen-bond donors (Lipinski definition) is 1. The van der Waals surface area contributed by atoms with E-state index in [0.29, 0.717) is 12.6 Å². The molecule has 1 saturated carbocycles. The van der Waals surface area contributed by atoms with Crippen molar-refractivity contribution in [2.24, 2.45) is 0 Å². The first-order valence-corrected chi connectivity index (χ1v) is 8.59. The van der Waals surface area contributed by atoms with Gasteiger partial charge in [-0.05, 0) is 32.8 Å². The van der Waals surface area contributed by atoms with Gasteiger partial charge in [-0.3, -0.25) is 4.79 Å². The number of nitrogens with zero attached hydrogens (tertiary/aromatic N) is 3. The molecule has 124 valence electrons. The summed E-state index contributed by atoms with van der Waals surface area (Å²) in [6.45, 7) is 5.55. The molecule has 0 radical (unpaired) electrons. The molecule has 1 amide bonds. The highest BCUT2D eigenvalue weighted by molar-refractivity contribution is 5.95. The molecule has 1 aliphatic carbocycles. The Hall–Kier alpha value is -2.04. The first-order chi connectivity index (χ1) is 11.2. The maximum Gasteiger partial charge on any atom is 0.253 e. The molecule has 5 nitrogen and oxygen atoms in total. The highest BCUT2D eigenvalue weighted by atomic mass is 16.1. The number of hydrogen-bond acceptors (Lipinski definition) is 2. The van der Waals surface area contributed by atoms with E-state index in [1.54, 1.807) is 12.5 Å². The second-order valence-corrected chi connectivity index (χ2v) is 6.50. The van der Waals surface area contributed by atoms with Gasteiger partial charge in [-0.25, -0.2) is 4.98 Å². The van der Waals surface area contributed by atoms with Gasteiger partial charge in [0.05, 0.1) is 11.9 Å². The van der Waals surface area contributed by atoms with Crippen LogP contribution in [0.4, 0.5) is 0 Å². The van der Waals surface area contributed by atoms with Gasteiger partial charge in [0.2, 0.25) is 0 Å². The van der Waals surface area contributed by atoms with Crippen LogP contribution in [0.25, 0.3) is 0 Å². The van der Waals surface area contributed by atoms with Crippen LogP contribution in [0.2, 0.25) is 0 Å². The topological polar surface area (TPSA) is 51.9 Å². The van der Waals surface area contributed by atoms with Crippen LogP contribution >= 0.6 is 0 Å². The normalized spacial score (nSPS) is 15.7. The number of nitrogens with one attached hydrogen (secondary N) is 1. The minimum atomic E-state index is 0.0280. The van der Waals surface area contributed by atoms with Crippen molar-refractivity contribution in [3.05, 3.63) is 41.7 Å². The van der Waals surface area contributed by atoms with Gasteiger partial charge >= 0.3 is 0 Å². The van der Waals surface area contributed by atoms with Crippen LogP contribution in [0.5, 0.6) is 0 Å². The Balaban J connectivity index is 1.66. The SMILES string of the molecule is Cc1cc(C(=O)NCCn2ccnc2)c(C)n1C1CCCCC1. The third-order valence-corrected chi connectivity index (χ3v) is 4.88. The van der Waals surface area contributed by atoms with E-state index in [0.717, 1.165) is 17.8 Å². The molecule has 0 saturated heterocycles. The summed E-state index contributed by atoms with van der Waals surface area (Å²) in [5.41, 5.74) is 3.13. The van der Waals surface area contributed by atoms with Gasteiger partial charge in [0, 0.05) is 42.9 Å². The Morgan fingerprint density at radius 3 is 2.78 bits per heavy atom. The minimum Gasteiger partial charge on any atom is -0.350 e. The molecule has 0 bridgehead atoms. The van der Waals surface area contributed by atoms with Crippen molar-refractivity contribution in [2.75, 3.05) is 6.54 Å². The van der Waals surface area contributed by atoms with Crippen LogP contribution in [0.3, 0.4) is 0 Å². The van der Waals surface area contributed by atoms with Crippen molar-refractivity contribution in [3.63, 3.8) is 0 Å². The first kappa shape index (κ1) is 15.8. The Morgan fingerprint density at radius 1 is 1.30 bits per heavy atom. The van der Waals surface area contributed by atoms with Crippen LogP contribution in [-0.4, -0.2) is 26.6 Å². The van der Waals surface area contributed by atoms with Gasteiger partial charge in [-0.2, -0.15) is 0 Å². The van der Waals surface area contributed by atoms with Crippen molar-refractivity contribution in [1.29, 1.82) is 0 Å². The number of carbonyl (C=O) groups is 1. The second kappa shape index (κ2) is 7.02. The summed E-state index contributed by atoms with van der Waals surface area (Å²) in [6.07, 6.45) is 11.8. The third kappa shape index (κ3) is 3.49. The highest BCUT2D eigenvalue weighted by Gasteiger charge is 2.22. The summed E-state index contributed by atoms with van der Waals surface area (Å²) < 4.78 is 4.34.